The largest absolute Gasteiger partial charge is 0.267 e. The topological polar surface area (TPSA) is 0 Å². The minimum atomic E-state index is -2.50. The summed E-state index contributed by atoms with van der Waals surface area (Å²) < 4.78 is 24.2. The van der Waals surface area contributed by atoms with E-state index >= 15 is 0 Å². The number of rotatable bonds is 0. The summed E-state index contributed by atoms with van der Waals surface area (Å²) in [5, 5.41) is 0. The van der Waals surface area contributed by atoms with E-state index < -0.39 is 5.92 Å². The van der Waals surface area contributed by atoms with E-state index in [1.807, 2.05) is 13.8 Å². The lowest BCUT2D eigenvalue weighted by atomic mass is 10.3. The zero-order valence-electron chi connectivity index (χ0n) is 6.75. The zero-order chi connectivity index (χ0) is 8.20. The van der Waals surface area contributed by atoms with E-state index in [1.165, 1.54) is 0 Å². The standard InChI is InChI=1S/C6H8F2.C2H6/c1-5-2-3-6(7,8)4-5;1-2/h4H,2-3H2,1H3;1-2H3. The molecule has 0 unspecified atom stereocenters. The summed E-state index contributed by atoms with van der Waals surface area (Å²) in [5.41, 5.74) is 0.815. The highest BCUT2D eigenvalue weighted by Gasteiger charge is 2.30. The van der Waals surface area contributed by atoms with Gasteiger partial charge >= 0.3 is 0 Å². The van der Waals surface area contributed by atoms with Crippen molar-refractivity contribution in [1.29, 1.82) is 0 Å². The average molecular weight is 148 g/mol. The van der Waals surface area contributed by atoms with Crippen LogP contribution in [-0.4, -0.2) is 5.92 Å². The van der Waals surface area contributed by atoms with E-state index in [-0.39, 0.29) is 6.42 Å². The molecule has 0 nitrogen and oxygen atoms in total. The predicted molar refractivity (Wildman–Crippen MR) is 39.3 cm³/mol. The maximum Gasteiger partial charge on any atom is 0.267 e. The summed E-state index contributed by atoms with van der Waals surface area (Å²) in [6.45, 7) is 5.74. The molecule has 0 bridgehead atoms. The first kappa shape index (κ1) is 9.60. The molecule has 0 saturated heterocycles. The first-order valence-corrected chi connectivity index (χ1v) is 3.66. The van der Waals surface area contributed by atoms with Gasteiger partial charge in [-0.2, -0.15) is 0 Å². The van der Waals surface area contributed by atoms with Crippen LogP contribution in [-0.2, 0) is 0 Å². The molecule has 0 saturated carbocycles. The molecule has 0 heterocycles. The Labute approximate surface area is 60.9 Å². The molecular formula is C8H14F2. The summed E-state index contributed by atoms with van der Waals surface area (Å²) in [6, 6.07) is 0. The van der Waals surface area contributed by atoms with Gasteiger partial charge in [-0.1, -0.05) is 19.4 Å². The Morgan fingerprint density at radius 3 is 2.00 bits per heavy atom. The molecule has 1 aliphatic carbocycles. The summed E-state index contributed by atoms with van der Waals surface area (Å²) in [6.07, 6.45) is 1.62. The van der Waals surface area contributed by atoms with Crippen molar-refractivity contribution in [3.8, 4) is 0 Å². The third kappa shape index (κ3) is 2.95. The molecule has 0 spiro atoms. The van der Waals surface area contributed by atoms with Crippen LogP contribution in [0.2, 0.25) is 0 Å². The third-order valence-corrected chi connectivity index (χ3v) is 1.31. The highest BCUT2D eigenvalue weighted by molar-refractivity contribution is 5.12. The SMILES string of the molecule is CC.CC1=CC(F)(F)CC1. The van der Waals surface area contributed by atoms with Crippen molar-refractivity contribution < 1.29 is 8.78 Å². The van der Waals surface area contributed by atoms with Crippen LogP contribution in [0, 0.1) is 0 Å². The molecule has 60 valence electrons. The lowest BCUT2D eigenvalue weighted by Gasteiger charge is -2.00. The van der Waals surface area contributed by atoms with Crippen molar-refractivity contribution in [2.45, 2.75) is 39.5 Å². The molecule has 0 aromatic rings. The maximum atomic E-state index is 12.1. The number of hydrogen-bond donors (Lipinski definition) is 0. The number of alkyl halides is 2. The van der Waals surface area contributed by atoms with Gasteiger partial charge in [0.15, 0.2) is 0 Å². The van der Waals surface area contributed by atoms with Gasteiger partial charge in [-0.3, -0.25) is 0 Å². The number of hydrogen-bond acceptors (Lipinski definition) is 0. The summed E-state index contributed by atoms with van der Waals surface area (Å²) in [7, 11) is 0. The fraction of sp³-hybridized carbons (Fsp3) is 0.750. The van der Waals surface area contributed by atoms with Crippen molar-refractivity contribution in [3.05, 3.63) is 11.6 Å². The second kappa shape index (κ2) is 3.69. The van der Waals surface area contributed by atoms with Crippen LogP contribution in [0.3, 0.4) is 0 Å². The molecule has 1 rings (SSSR count). The second-order valence-corrected chi connectivity index (χ2v) is 2.25. The number of allylic oxidation sites excluding steroid dienone is 2. The van der Waals surface area contributed by atoms with E-state index in [0.717, 1.165) is 11.6 Å². The molecular weight excluding hydrogens is 134 g/mol. The average Bonchev–Trinajstić information content (AvgIpc) is 2.15. The molecule has 0 amide bonds. The lowest BCUT2D eigenvalue weighted by molar-refractivity contribution is 0.0555. The Morgan fingerprint density at radius 1 is 1.40 bits per heavy atom. The van der Waals surface area contributed by atoms with E-state index in [2.05, 4.69) is 0 Å². The zero-order valence-corrected chi connectivity index (χ0v) is 6.75. The predicted octanol–water partition coefficient (Wildman–Crippen LogP) is 3.39. The minimum Gasteiger partial charge on any atom is -0.202 e. The molecule has 0 aliphatic heterocycles. The van der Waals surface area contributed by atoms with Crippen LogP contribution < -0.4 is 0 Å². The van der Waals surface area contributed by atoms with Gasteiger partial charge in [0, 0.05) is 6.42 Å². The molecule has 10 heavy (non-hydrogen) atoms. The fourth-order valence-corrected chi connectivity index (χ4v) is 0.869. The molecule has 1 aliphatic rings. The first-order chi connectivity index (χ1) is 4.60. The van der Waals surface area contributed by atoms with Gasteiger partial charge in [0.05, 0.1) is 0 Å². The summed E-state index contributed by atoms with van der Waals surface area (Å²) in [5.74, 6) is -2.50. The summed E-state index contributed by atoms with van der Waals surface area (Å²) in [4.78, 5) is 0. The van der Waals surface area contributed by atoms with Crippen molar-refractivity contribution in [2.75, 3.05) is 0 Å². The Morgan fingerprint density at radius 2 is 1.90 bits per heavy atom. The van der Waals surface area contributed by atoms with E-state index in [1.54, 1.807) is 6.92 Å². The quantitative estimate of drug-likeness (QED) is 0.462. The highest BCUT2D eigenvalue weighted by Crippen LogP contribution is 2.32. The molecule has 2 heteroatoms. The molecule has 0 aromatic carbocycles. The molecule has 0 radical (unpaired) electrons. The van der Waals surface area contributed by atoms with E-state index in [9.17, 15) is 8.78 Å². The van der Waals surface area contributed by atoms with Gasteiger partial charge in [0.2, 0.25) is 0 Å². The van der Waals surface area contributed by atoms with Crippen LogP contribution in [0.4, 0.5) is 8.78 Å². The van der Waals surface area contributed by atoms with Gasteiger partial charge in [-0.05, 0) is 19.4 Å². The molecule has 0 fully saturated rings. The van der Waals surface area contributed by atoms with Crippen LogP contribution in [0.1, 0.15) is 33.6 Å². The minimum absolute atomic E-state index is 0.0127. The lowest BCUT2D eigenvalue weighted by Crippen LogP contribution is -2.05. The molecule has 0 atom stereocenters. The second-order valence-electron chi connectivity index (χ2n) is 2.25. The third-order valence-electron chi connectivity index (χ3n) is 1.31. The van der Waals surface area contributed by atoms with Crippen molar-refractivity contribution >= 4 is 0 Å². The van der Waals surface area contributed by atoms with Gasteiger partial charge in [0.25, 0.3) is 5.92 Å². The Bertz CT molecular complexity index is 125. The van der Waals surface area contributed by atoms with E-state index in [0.29, 0.717) is 6.42 Å². The van der Waals surface area contributed by atoms with Gasteiger partial charge < -0.3 is 0 Å². The number of halogens is 2. The van der Waals surface area contributed by atoms with Gasteiger partial charge in [-0.25, -0.2) is 8.78 Å². The Kier molecular flexibility index (Phi) is 3.54. The Hall–Kier alpha value is -0.400. The van der Waals surface area contributed by atoms with Crippen LogP contribution >= 0.6 is 0 Å². The monoisotopic (exact) mass is 148 g/mol. The Balaban J connectivity index is 0.000000371. The van der Waals surface area contributed by atoms with Gasteiger partial charge in [-0.15, -0.1) is 0 Å². The van der Waals surface area contributed by atoms with Crippen LogP contribution in [0.5, 0.6) is 0 Å². The normalized spacial score (nSPS) is 21.1. The van der Waals surface area contributed by atoms with E-state index in [4.69, 9.17) is 0 Å². The molecule has 0 N–H and O–H groups in total. The summed E-state index contributed by atoms with van der Waals surface area (Å²) >= 11 is 0. The van der Waals surface area contributed by atoms with Crippen molar-refractivity contribution in [2.24, 2.45) is 0 Å². The fourth-order valence-electron chi connectivity index (χ4n) is 0.869. The molecule has 0 aromatic heterocycles. The maximum absolute atomic E-state index is 12.1. The van der Waals surface area contributed by atoms with Crippen LogP contribution in [0.15, 0.2) is 11.6 Å². The van der Waals surface area contributed by atoms with Crippen molar-refractivity contribution in [3.63, 3.8) is 0 Å². The van der Waals surface area contributed by atoms with Crippen molar-refractivity contribution in [1.82, 2.24) is 0 Å². The van der Waals surface area contributed by atoms with Crippen LogP contribution in [0.25, 0.3) is 0 Å². The smallest absolute Gasteiger partial charge is 0.202 e. The van der Waals surface area contributed by atoms with Gasteiger partial charge in [0.1, 0.15) is 0 Å². The first-order valence-electron chi connectivity index (χ1n) is 3.66. The highest BCUT2D eigenvalue weighted by atomic mass is 19.3.